The maximum atomic E-state index is 12.9. The molecule has 0 saturated carbocycles. The molecule has 1 aliphatic rings. The summed E-state index contributed by atoms with van der Waals surface area (Å²) in [5.41, 5.74) is 2.03. The van der Waals surface area contributed by atoms with Crippen LogP contribution in [-0.4, -0.2) is 22.6 Å². The fraction of sp³-hybridized carbons (Fsp3) is 0.294. The monoisotopic (exact) mass is 271 g/mol. The molecule has 2 nitrogen and oxygen atoms in total. The molecule has 0 bridgehead atoms. The zero-order valence-corrected chi connectivity index (χ0v) is 11.4. The number of benzene rings is 2. The molecule has 0 aromatic heterocycles. The van der Waals surface area contributed by atoms with Gasteiger partial charge >= 0.3 is 0 Å². The summed E-state index contributed by atoms with van der Waals surface area (Å²) in [7, 11) is 0. The summed E-state index contributed by atoms with van der Waals surface area (Å²) in [4.78, 5) is 2.25. The average Bonchev–Trinajstić information content (AvgIpc) is 3.28. The molecule has 1 unspecified atom stereocenters. The Labute approximate surface area is 118 Å². The van der Waals surface area contributed by atoms with Crippen LogP contribution >= 0.6 is 0 Å². The van der Waals surface area contributed by atoms with Crippen LogP contribution < -0.4 is 0 Å². The van der Waals surface area contributed by atoms with Crippen molar-refractivity contribution < 1.29 is 9.50 Å². The second-order valence-corrected chi connectivity index (χ2v) is 5.35. The second-order valence-electron chi connectivity index (χ2n) is 5.35. The Morgan fingerprint density at radius 1 is 1.05 bits per heavy atom. The molecule has 1 heterocycles. The molecular formula is C17H18FNO. The molecule has 1 aliphatic heterocycles. The van der Waals surface area contributed by atoms with Gasteiger partial charge in [-0.05, 0) is 30.2 Å². The zero-order chi connectivity index (χ0) is 14.1. The van der Waals surface area contributed by atoms with Gasteiger partial charge in [0, 0.05) is 12.6 Å². The van der Waals surface area contributed by atoms with Crippen molar-refractivity contribution in [2.24, 2.45) is 0 Å². The van der Waals surface area contributed by atoms with Gasteiger partial charge in [-0.1, -0.05) is 42.5 Å². The summed E-state index contributed by atoms with van der Waals surface area (Å²) in [5.74, 6) is -0.272. The number of aliphatic hydroxyl groups excluding tert-OH is 1. The summed E-state index contributed by atoms with van der Waals surface area (Å²) >= 11 is 0. The average molecular weight is 271 g/mol. The predicted molar refractivity (Wildman–Crippen MR) is 76.7 cm³/mol. The molecule has 4 atom stereocenters. The number of nitrogens with zero attached hydrogens (tertiary/aromatic N) is 1. The first kappa shape index (κ1) is 13.3. The lowest BCUT2D eigenvalue weighted by Gasteiger charge is -2.17. The van der Waals surface area contributed by atoms with E-state index in [1.54, 1.807) is 12.1 Å². The van der Waals surface area contributed by atoms with Gasteiger partial charge in [0.1, 0.15) is 5.82 Å². The highest BCUT2D eigenvalue weighted by Crippen LogP contribution is 2.38. The Bertz CT molecular complexity index is 569. The van der Waals surface area contributed by atoms with Crippen LogP contribution in [0.5, 0.6) is 0 Å². The van der Waals surface area contributed by atoms with Crippen molar-refractivity contribution in [3.63, 3.8) is 0 Å². The zero-order valence-electron chi connectivity index (χ0n) is 11.4. The van der Waals surface area contributed by atoms with E-state index >= 15 is 0 Å². The van der Waals surface area contributed by atoms with Crippen LogP contribution in [0.2, 0.25) is 0 Å². The summed E-state index contributed by atoms with van der Waals surface area (Å²) in [5, 5.41) is 10.4. The highest BCUT2D eigenvalue weighted by molar-refractivity contribution is 5.25. The first-order chi connectivity index (χ1) is 9.66. The molecule has 20 heavy (non-hydrogen) atoms. The highest BCUT2D eigenvalue weighted by Gasteiger charge is 2.43. The van der Waals surface area contributed by atoms with E-state index in [9.17, 15) is 9.50 Å². The summed E-state index contributed by atoms with van der Waals surface area (Å²) in [6.07, 6.45) is -0.554. The van der Waals surface area contributed by atoms with Crippen molar-refractivity contribution in [3.05, 3.63) is 71.5 Å². The van der Waals surface area contributed by atoms with Crippen LogP contribution in [0, 0.1) is 5.82 Å². The van der Waals surface area contributed by atoms with E-state index in [2.05, 4.69) is 24.0 Å². The third-order valence-electron chi connectivity index (χ3n) is 4.05. The molecule has 2 aromatic rings. The molecule has 0 aliphatic carbocycles. The summed E-state index contributed by atoms with van der Waals surface area (Å²) < 4.78 is 12.9. The van der Waals surface area contributed by atoms with E-state index in [1.165, 1.54) is 17.7 Å². The summed E-state index contributed by atoms with van der Waals surface area (Å²) in [6.45, 7) is 3.02. The van der Waals surface area contributed by atoms with Crippen molar-refractivity contribution in [1.29, 1.82) is 0 Å². The number of halogens is 1. The van der Waals surface area contributed by atoms with Gasteiger partial charge in [0.05, 0.1) is 12.1 Å². The van der Waals surface area contributed by atoms with Gasteiger partial charge in [-0.2, -0.15) is 0 Å². The minimum atomic E-state index is -0.554. The van der Waals surface area contributed by atoms with Crippen molar-refractivity contribution >= 4 is 0 Å². The van der Waals surface area contributed by atoms with E-state index in [1.807, 2.05) is 18.2 Å². The van der Waals surface area contributed by atoms with Crippen LogP contribution in [0.3, 0.4) is 0 Å². The van der Waals surface area contributed by atoms with E-state index in [0.29, 0.717) is 0 Å². The van der Waals surface area contributed by atoms with Gasteiger partial charge in [-0.25, -0.2) is 4.39 Å². The number of rotatable bonds is 4. The maximum Gasteiger partial charge on any atom is 0.123 e. The lowest BCUT2D eigenvalue weighted by atomic mass is 10.1. The van der Waals surface area contributed by atoms with Crippen molar-refractivity contribution in [2.45, 2.75) is 25.1 Å². The minimum Gasteiger partial charge on any atom is -0.387 e. The lowest BCUT2D eigenvalue weighted by molar-refractivity contribution is 0.151. The van der Waals surface area contributed by atoms with E-state index in [0.717, 1.165) is 12.1 Å². The SMILES string of the molecule is C[C@@H](c1ccccc1)N1C[C@@H]1[C@H](O)c1ccc(F)cc1. The van der Waals surface area contributed by atoms with Crippen molar-refractivity contribution in [3.8, 4) is 0 Å². The summed E-state index contributed by atoms with van der Waals surface area (Å²) in [6, 6.07) is 16.8. The lowest BCUT2D eigenvalue weighted by Crippen LogP contribution is -2.14. The Morgan fingerprint density at radius 2 is 1.70 bits per heavy atom. The van der Waals surface area contributed by atoms with Crippen LogP contribution in [0.15, 0.2) is 54.6 Å². The largest absolute Gasteiger partial charge is 0.387 e. The topological polar surface area (TPSA) is 23.2 Å². The Hall–Kier alpha value is -1.71. The molecule has 104 valence electrons. The van der Waals surface area contributed by atoms with Crippen LogP contribution in [0.1, 0.15) is 30.2 Å². The molecule has 0 amide bonds. The molecule has 3 heteroatoms. The van der Waals surface area contributed by atoms with Gasteiger partial charge in [-0.3, -0.25) is 4.90 Å². The molecule has 0 radical (unpaired) electrons. The third-order valence-corrected chi connectivity index (χ3v) is 4.05. The second kappa shape index (κ2) is 5.35. The Kier molecular flexibility index (Phi) is 3.55. The Balaban J connectivity index is 1.68. The third kappa shape index (κ3) is 2.60. The minimum absolute atomic E-state index is 0.121. The van der Waals surface area contributed by atoms with Gasteiger partial charge in [-0.15, -0.1) is 0 Å². The van der Waals surface area contributed by atoms with E-state index in [4.69, 9.17) is 0 Å². The molecule has 1 saturated heterocycles. The molecule has 3 rings (SSSR count). The quantitative estimate of drug-likeness (QED) is 0.862. The number of hydrogen-bond donors (Lipinski definition) is 1. The Morgan fingerprint density at radius 3 is 2.35 bits per heavy atom. The first-order valence-electron chi connectivity index (χ1n) is 6.91. The molecule has 2 aromatic carbocycles. The first-order valence-corrected chi connectivity index (χ1v) is 6.91. The number of aliphatic hydroxyl groups is 1. The van der Waals surface area contributed by atoms with Crippen LogP contribution in [-0.2, 0) is 0 Å². The van der Waals surface area contributed by atoms with E-state index in [-0.39, 0.29) is 17.9 Å². The van der Waals surface area contributed by atoms with Gasteiger partial charge in [0.25, 0.3) is 0 Å². The fourth-order valence-corrected chi connectivity index (χ4v) is 2.70. The van der Waals surface area contributed by atoms with Crippen molar-refractivity contribution in [1.82, 2.24) is 4.90 Å². The van der Waals surface area contributed by atoms with Gasteiger partial charge in [0.2, 0.25) is 0 Å². The molecule has 1 N–H and O–H groups in total. The van der Waals surface area contributed by atoms with Gasteiger partial charge < -0.3 is 5.11 Å². The van der Waals surface area contributed by atoms with Crippen molar-refractivity contribution in [2.75, 3.05) is 6.54 Å². The van der Waals surface area contributed by atoms with E-state index < -0.39 is 6.10 Å². The fourth-order valence-electron chi connectivity index (χ4n) is 2.70. The maximum absolute atomic E-state index is 12.9. The van der Waals surface area contributed by atoms with Gasteiger partial charge in [0.15, 0.2) is 0 Å². The molecular weight excluding hydrogens is 253 g/mol. The molecule has 0 spiro atoms. The molecule has 1 fully saturated rings. The smallest absolute Gasteiger partial charge is 0.123 e. The van der Waals surface area contributed by atoms with Crippen LogP contribution in [0.4, 0.5) is 4.39 Å². The van der Waals surface area contributed by atoms with Crippen LogP contribution in [0.25, 0.3) is 0 Å². The number of hydrogen-bond acceptors (Lipinski definition) is 2. The predicted octanol–water partition coefficient (Wildman–Crippen LogP) is 3.30. The highest BCUT2D eigenvalue weighted by atomic mass is 19.1. The normalized spacial score (nSPS) is 24.1. The standard InChI is InChI=1S/C17H18FNO/c1-12(13-5-3-2-4-6-13)19-11-16(19)17(20)14-7-9-15(18)10-8-14/h2-10,12,16-17,20H,11H2,1H3/t12-,16+,17+,19?/m0/s1.